The summed E-state index contributed by atoms with van der Waals surface area (Å²) in [5.74, 6) is -3.58. The molecule has 1 amide bonds. The number of aromatic nitrogens is 1. The fourth-order valence-electron chi connectivity index (χ4n) is 6.20. The van der Waals surface area contributed by atoms with Gasteiger partial charge in [-0.15, -0.1) is 0 Å². The van der Waals surface area contributed by atoms with Gasteiger partial charge in [-0.2, -0.15) is 0 Å². The molecule has 3 aromatic rings. The van der Waals surface area contributed by atoms with Crippen molar-refractivity contribution in [2.45, 2.75) is 82.3 Å². The van der Waals surface area contributed by atoms with Crippen LogP contribution in [0.2, 0.25) is 0 Å². The third kappa shape index (κ3) is 6.22. The lowest BCUT2D eigenvalue weighted by Crippen LogP contribution is -2.52. The quantitative estimate of drug-likeness (QED) is 0.300. The fourth-order valence-corrected chi connectivity index (χ4v) is 7.10. The molecule has 2 bridgehead atoms. The average Bonchev–Trinajstić information content (AvgIpc) is 3.39. The molecule has 11 heteroatoms. The first-order chi connectivity index (χ1) is 19.8. The van der Waals surface area contributed by atoms with Crippen molar-refractivity contribution >= 4 is 16.9 Å². The van der Waals surface area contributed by atoms with Gasteiger partial charge in [0.1, 0.15) is 5.82 Å². The van der Waals surface area contributed by atoms with E-state index in [4.69, 9.17) is 0 Å². The van der Waals surface area contributed by atoms with E-state index in [1.165, 1.54) is 16.7 Å². The maximum Gasteiger partial charge on any atom is 0.254 e. The van der Waals surface area contributed by atoms with E-state index in [9.17, 15) is 32.4 Å². The lowest BCUT2D eigenvalue weighted by atomic mass is 9.82. The molecule has 5 atom stereocenters. The van der Waals surface area contributed by atoms with Crippen LogP contribution < -0.4 is 4.72 Å². The van der Waals surface area contributed by atoms with Gasteiger partial charge >= 0.3 is 0 Å². The molecule has 2 aromatic carbocycles. The minimum atomic E-state index is -1.49. The standard InChI is InChI=1S/C31H36F3N3O4S/c1-31(2,3)42(41)35-27(15-20-14-25(33)26(34)16-24(20)32)21-12-22-7-8-23(13-21)37(22)30(40)19-6-4-5-18(11-19)17-36-28(38)9-10-29(36)39/h4-6,9-11,14,16,21-23,27,35,38-39H,7-8,12-13,15,17H2,1-3H3/t21?,22-,23+,27-,42?/m1/s1. The molecule has 2 saturated heterocycles. The molecule has 0 aliphatic carbocycles. The van der Waals surface area contributed by atoms with Gasteiger partial charge in [-0.05, 0) is 88.1 Å². The molecule has 2 aliphatic heterocycles. The van der Waals surface area contributed by atoms with Crippen molar-refractivity contribution in [2.24, 2.45) is 5.92 Å². The minimum Gasteiger partial charge on any atom is -0.494 e. The van der Waals surface area contributed by atoms with Crippen molar-refractivity contribution < 1.29 is 32.4 Å². The molecule has 2 aliphatic rings. The second-order valence-electron chi connectivity index (χ2n) is 12.3. The summed E-state index contributed by atoms with van der Waals surface area (Å²) in [5, 5.41) is 20.0. The first kappa shape index (κ1) is 30.2. The summed E-state index contributed by atoms with van der Waals surface area (Å²) in [6.07, 6.45) is 2.82. The lowest BCUT2D eigenvalue weighted by molar-refractivity contribution is 0.0494. The Morgan fingerprint density at radius 2 is 1.60 bits per heavy atom. The van der Waals surface area contributed by atoms with Crippen molar-refractivity contribution in [3.05, 3.63) is 82.7 Å². The van der Waals surface area contributed by atoms with Gasteiger partial charge in [0.05, 0.1) is 22.3 Å². The van der Waals surface area contributed by atoms with E-state index >= 15 is 0 Å². The van der Waals surface area contributed by atoms with Crippen LogP contribution in [0.15, 0.2) is 48.5 Å². The van der Waals surface area contributed by atoms with Crippen LogP contribution >= 0.6 is 0 Å². The number of nitrogens with zero attached hydrogens (tertiary/aromatic N) is 2. The highest BCUT2D eigenvalue weighted by Crippen LogP contribution is 2.42. The second-order valence-corrected chi connectivity index (χ2v) is 14.3. The Hall–Kier alpha value is -3.31. The number of benzene rings is 2. The number of fused-ring (bicyclic) bond motifs is 2. The van der Waals surface area contributed by atoms with Crippen LogP contribution in [0.5, 0.6) is 11.8 Å². The number of carbonyl (C=O) groups excluding carboxylic acids is 1. The van der Waals surface area contributed by atoms with Crippen molar-refractivity contribution in [1.82, 2.24) is 14.2 Å². The van der Waals surface area contributed by atoms with E-state index in [-0.39, 0.29) is 54.2 Å². The number of hydrogen-bond acceptors (Lipinski definition) is 4. The number of aromatic hydroxyl groups is 2. The van der Waals surface area contributed by atoms with Crippen molar-refractivity contribution in [1.29, 1.82) is 0 Å². The summed E-state index contributed by atoms with van der Waals surface area (Å²) >= 11 is 0. The van der Waals surface area contributed by atoms with Gasteiger partial charge < -0.3 is 15.1 Å². The maximum absolute atomic E-state index is 14.7. The summed E-state index contributed by atoms with van der Waals surface area (Å²) in [5.41, 5.74) is 1.26. The van der Waals surface area contributed by atoms with Crippen LogP contribution in [0.1, 0.15) is 67.9 Å². The number of rotatable bonds is 8. The van der Waals surface area contributed by atoms with E-state index < -0.39 is 39.2 Å². The van der Waals surface area contributed by atoms with Crippen LogP contribution in [0.3, 0.4) is 0 Å². The molecular formula is C31H36F3N3O4S. The molecule has 5 rings (SSSR count). The minimum absolute atomic E-state index is 0.0137. The first-order valence-corrected chi connectivity index (χ1v) is 15.3. The van der Waals surface area contributed by atoms with Gasteiger partial charge in [-0.3, -0.25) is 9.36 Å². The molecule has 0 spiro atoms. The summed E-state index contributed by atoms with van der Waals surface area (Å²) in [6.45, 7) is 5.66. The number of halogens is 3. The monoisotopic (exact) mass is 603 g/mol. The van der Waals surface area contributed by atoms with Crippen molar-refractivity contribution in [2.75, 3.05) is 0 Å². The molecule has 0 saturated carbocycles. The summed E-state index contributed by atoms with van der Waals surface area (Å²) in [4.78, 5) is 15.7. The Kier molecular flexibility index (Phi) is 8.44. The summed E-state index contributed by atoms with van der Waals surface area (Å²) in [7, 11) is -1.49. The molecule has 2 fully saturated rings. The summed E-state index contributed by atoms with van der Waals surface area (Å²) < 4.78 is 59.3. The Bertz CT molecular complexity index is 1470. The molecule has 0 radical (unpaired) electrons. The molecule has 42 heavy (non-hydrogen) atoms. The van der Waals surface area contributed by atoms with Crippen LogP contribution in [0.25, 0.3) is 0 Å². The normalized spacial score (nSPS) is 21.9. The molecule has 3 heterocycles. The average molecular weight is 604 g/mol. The Morgan fingerprint density at radius 1 is 0.976 bits per heavy atom. The number of nitrogens with one attached hydrogen (secondary N) is 1. The lowest BCUT2D eigenvalue weighted by Gasteiger charge is -2.42. The van der Waals surface area contributed by atoms with Gasteiger partial charge in [0.2, 0.25) is 0 Å². The zero-order valence-electron chi connectivity index (χ0n) is 23.8. The number of hydrogen-bond donors (Lipinski definition) is 3. The topological polar surface area (TPSA) is 94.8 Å². The highest BCUT2D eigenvalue weighted by atomic mass is 32.2. The number of amides is 1. The SMILES string of the molecule is CC(C)(C)S(=O)N[C@H](Cc1cc(F)c(F)cc1F)C1C[C@H]2CC[C@@H](C1)N2C(=O)c1cccc(Cn2c(O)ccc2O)c1. The Balaban J connectivity index is 1.35. The van der Waals surface area contributed by atoms with Crippen LogP contribution in [-0.2, 0) is 24.0 Å². The molecule has 1 aromatic heterocycles. The second kappa shape index (κ2) is 11.8. The van der Waals surface area contributed by atoms with Gasteiger partial charge in [-0.25, -0.2) is 22.1 Å². The zero-order valence-corrected chi connectivity index (χ0v) is 24.6. The Labute approximate surface area is 245 Å². The smallest absolute Gasteiger partial charge is 0.254 e. The van der Waals surface area contributed by atoms with Gasteiger partial charge in [0.15, 0.2) is 23.4 Å². The number of piperidine rings is 1. The molecule has 226 valence electrons. The van der Waals surface area contributed by atoms with E-state index in [0.29, 0.717) is 24.5 Å². The third-order valence-electron chi connectivity index (χ3n) is 8.37. The van der Waals surface area contributed by atoms with Crippen LogP contribution in [0.4, 0.5) is 13.2 Å². The molecular weight excluding hydrogens is 567 g/mol. The van der Waals surface area contributed by atoms with Crippen molar-refractivity contribution in [3.8, 4) is 11.8 Å². The van der Waals surface area contributed by atoms with Crippen molar-refractivity contribution in [3.63, 3.8) is 0 Å². The van der Waals surface area contributed by atoms with E-state index in [0.717, 1.165) is 24.5 Å². The van der Waals surface area contributed by atoms with E-state index in [2.05, 4.69) is 4.72 Å². The van der Waals surface area contributed by atoms with Gasteiger partial charge in [0.25, 0.3) is 5.91 Å². The molecule has 7 nitrogen and oxygen atoms in total. The van der Waals surface area contributed by atoms with E-state index in [1.54, 1.807) is 18.2 Å². The third-order valence-corrected chi connectivity index (χ3v) is 10.00. The number of carbonyl (C=O) groups is 1. The molecule has 3 N–H and O–H groups in total. The summed E-state index contributed by atoms with van der Waals surface area (Å²) in [6, 6.07) is 10.7. The maximum atomic E-state index is 14.7. The highest BCUT2D eigenvalue weighted by Gasteiger charge is 2.46. The van der Waals surface area contributed by atoms with Gasteiger partial charge in [-0.1, -0.05) is 12.1 Å². The highest BCUT2D eigenvalue weighted by molar-refractivity contribution is 7.84. The largest absolute Gasteiger partial charge is 0.494 e. The predicted molar refractivity (Wildman–Crippen MR) is 154 cm³/mol. The van der Waals surface area contributed by atoms with Gasteiger partial charge in [0, 0.05) is 41.9 Å². The first-order valence-electron chi connectivity index (χ1n) is 14.1. The predicted octanol–water partition coefficient (Wildman–Crippen LogP) is 5.41. The zero-order chi connectivity index (χ0) is 30.3. The van der Waals surface area contributed by atoms with E-state index in [1.807, 2.05) is 31.7 Å². The molecule has 2 unspecified atom stereocenters. The fraction of sp³-hybridized carbons (Fsp3) is 0.452. The van der Waals surface area contributed by atoms with Crippen LogP contribution in [-0.4, -0.2) is 52.7 Å². The van der Waals surface area contributed by atoms with Crippen LogP contribution in [0, 0.1) is 23.4 Å². The Morgan fingerprint density at radius 3 is 2.21 bits per heavy atom.